The summed E-state index contributed by atoms with van der Waals surface area (Å²) in [5.41, 5.74) is 7.78. The van der Waals surface area contributed by atoms with Gasteiger partial charge in [-0.05, 0) is 61.9 Å². The number of benzene rings is 1. The van der Waals surface area contributed by atoms with Gasteiger partial charge < -0.3 is 16.0 Å². The maximum atomic E-state index is 12.7. The molecule has 2 fully saturated rings. The lowest BCUT2D eigenvalue weighted by molar-refractivity contribution is -0.127. The van der Waals surface area contributed by atoms with Gasteiger partial charge in [0.2, 0.25) is 0 Å². The topological polar surface area (TPSA) is 53.6 Å². The second kappa shape index (κ2) is 7.47. The molecule has 1 aromatic carbocycles. The minimum absolute atomic E-state index is 0.217. The number of nitrogens with zero attached hydrogens (tertiary/aromatic N) is 2. The second-order valence-corrected chi connectivity index (χ2v) is 7.50. The standard InChI is InChI=1S/C19H27F3N4/c1-24-17(15-12-14(2-3-16(15)23)13-19(20,21)22)26-10-6-18(7-11-26)4-8-25-9-5-18/h2-3,12,25H,4-11,13,23H2,1H3/b24-17+. The number of hydrogen-bond donors (Lipinski definition) is 2. The Hall–Kier alpha value is -1.76. The van der Waals surface area contributed by atoms with E-state index < -0.39 is 12.6 Å². The Kier molecular flexibility index (Phi) is 5.46. The number of likely N-dealkylation sites (tertiary alicyclic amines) is 1. The fraction of sp³-hybridized carbons (Fsp3) is 0.632. The van der Waals surface area contributed by atoms with Crippen molar-refractivity contribution in [2.24, 2.45) is 10.4 Å². The smallest absolute Gasteiger partial charge is 0.393 e. The molecule has 2 aliphatic rings. The first-order valence-electron chi connectivity index (χ1n) is 9.20. The quantitative estimate of drug-likeness (QED) is 0.479. The normalized spacial score (nSPS) is 21.2. The number of halogens is 3. The number of alkyl halides is 3. The highest BCUT2D eigenvalue weighted by molar-refractivity contribution is 6.03. The number of nitrogens with one attached hydrogen (secondary N) is 1. The van der Waals surface area contributed by atoms with E-state index in [0.717, 1.165) is 39.0 Å². The molecular weight excluding hydrogens is 341 g/mol. The van der Waals surface area contributed by atoms with Crippen LogP contribution in [-0.2, 0) is 6.42 Å². The van der Waals surface area contributed by atoms with E-state index in [4.69, 9.17) is 5.73 Å². The molecule has 0 unspecified atom stereocenters. The molecule has 1 spiro atoms. The summed E-state index contributed by atoms with van der Waals surface area (Å²) in [7, 11) is 1.68. The summed E-state index contributed by atoms with van der Waals surface area (Å²) in [5, 5.41) is 3.41. The van der Waals surface area contributed by atoms with Crippen LogP contribution in [0.4, 0.5) is 18.9 Å². The van der Waals surface area contributed by atoms with Crippen molar-refractivity contribution in [2.75, 3.05) is 39.0 Å². The number of amidine groups is 1. The van der Waals surface area contributed by atoms with Gasteiger partial charge in [0, 0.05) is 31.4 Å². The minimum atomic E-state index is -4.23. The minimum Gasteiger partial charge on any atom is -0.398 e. The largest absolute Gasteiger partial charge is 0.398 e. The first-order chi connectivity index (χ1) is 12.3. The summed E-state index contributed by atoms with van der Waals surface area (Å²) >= 11 is 0. The monoisotopic (exact) mass is 368 g/mol. The van der Waals surface area contributed by atoms with Crippen LogP contribution in [0.5, 0.6) is 0 Å². The Bertz CT molecular complexity index is 653. The summed E-state index contributed by atoms with van der Waals surface area (Å²) in [5.74, 6) is 0.704. The molecule has 3 rings (SSSR count). The molecule has 0 aliphatic carbocycles. The summed E-state index contributed by atoms with van der Waals surface area (Å²) in [6.45, 7) is 3.88. The zero-order chi connectivity index (χ0) is 18.8. The van der Waals surface area contributed by atoms with Crippen molar-refractivity contribution in [2.45, 2.75) is 38.3 Å². The van der Waals surface area contributed by atoms with E-state index in [-0.39, 0.29) is 5.56 Å². The predicted octanol–water partition coefficient (Wildman–Crippen LogP) is 3.22. The van der Waals surface area contributed by atoms with Crippen molar-refractivity contribution in [3.8, 4) is 0 Å². The number of nitrogens with two attached hydrogens (primary N) is 1. The van der Waals surface area contributed by atoms with Gasteiger partial charge in [-0.25, -0.2) is 0 Å². The maximum absolute atomic E-state index is 12.7. The van der Waals surface area contributed by atoms with Gasteiger partial charge in [-0.2, -0.15) is 13.2 Å². The highest BCUT2D eigenvalue weighted by Crippen LogP contribution is 2.40. The van der Waals surface area contributed by atoms with Crippen LogP contribution < -0.4 is 11.1 Å². The first kappa shape index (κ1) is 19.0. The molecule has 0 bridgehead atoms. The molecule has 0 aromatic heterocycles. The zero-order valence-corrected chi connectivity index (χ0v) is 15.2. The van der Waals surface area contributed by atoms with E-state index in [1.54, 1.807) is 19.2 Å². The number of anilines is 1. The Morgan fingerprint density at radius 3 is 2.42 bits per heavy atom. The number of piperidine rings is 2. The van der Waals surface area contributed by atoms with Gasteiger partial charge in [-0.1, -0.05) is 6.07 Å². The second-order valence-electron chi connectivity index (χ2n) is 7.50. The van der Waals surface area contributed by atoms with Crippen LogP contribution in [0.25, 0.3) is 0 Å². The van der Waals surface area contributed by atoms with Crippen LogP contribution in [0.1, 0.15) is 36.8 Å². The molecule has 2 heterocycles. The molecule has 144 valence electrons. The summed E-state index contributed by atoms with van der Waals surface area (Å²) < 4.78 is 38.2. The van der Waals surface area contributed by atoms with Gasteiger partial charge in [0.1, 0.15) is 5.84 Å². The third kappa shape index (κ3) is 4.31. The van der Waals surface area contributed by atoms with Gasteiger partial charge in [0.15, 0.2) is 0 Å². The Morgan fingerprint density at radius 2 is 1.85 bits per heavy atom. The van der Waals surface area contributed by atoms with Crippen LogP contribution in [0.2, 0.25) is 0 Å². The third-order valence-electron chi connectivity index (χ3n) is 5.76. The van der Waals surface area contributed by atoms with Crippen molar-refractivity contribution in [1.29, 1.82) is 0 Å². The summed E-state index contributed by atoms with van der Waals surface area (Å²) in [6.07, 6.45) is -0.603. The number of aliphatic imine (C=N–C) groups is 1. The van der Waals surface area contributed by atoms with E-state index in [9.17, 15) is 13.2 Å². The molecule has 2 saturated heterocycles. The fourth-order valence-corrected chi connectivity index (χ4v) is 4.22. The summed E-state index contributed by atoms with van der Waals surface area (Å²) in [4.78, 5) is 6.56. The molecule has 1 aromatic rings. The molecule has 7 heteroatoms. The molecule has 2 aliphatic heterocycles. The zero-order valence-electron chi connectivity index (χ0n) is 15.2. The third-order valence-corrected chi connectivity index (χ3v) is 5.76. The predicted molar refractivity (Wildman–Crippen MR) is 98.4 cm³/mol. The SMILES string of the molecule is C/N=C(\c1cc(CC(F)(F)F)ccc1N)N1CCC2(CCNCC2)CC1. The van der Waals surface area contributed by atoms with Crippen molar-refractivity contribution < 1.29 is 13.2 Å². The highest BCUT2D eigenvalue weighted by Gasteiger charge is 2.36. The molecule has 0 atom stereocenters. The molecule has 4 nitrogen and oxygen atoms in total. The van der Waals surface area contributed by atoms with E-state index in [1.165, 1.54) is 18.9 Å². The molecule has 0 amide bonds. The molecule has 0 saturated carbocycles. The highest BCUT2D eigenvalue weighted by atomic mass is 19.4. The lowest BCUT2D eigenvalue weighted by Crippen LogP contribution is -2.47. The Morgan fingerprint density at radius 1 is 1.19 bits per heavy atom. The average molecular weight is 368 g/mol. The fourth-order valence-electron chi connectivity index (χ4n) is 4.22. The van der Waals surface area contributed by atoms with E-state index in [2.05, 4.69) is 15.2 Å². The summed E-state index contributed by atoms with van der Waals surface area (Å²) in [6, 6.07) is 4.54. The number of hydrogen-bond acceptors (Lipinski definition) is 3. The Balaban J connectivity index is 1.76. The van der Waals surface area contributed by atoms with Gasteiger partial charge in [-0.3, -0.25) is 4.99 Å². The van der Waals surface area contributed by atoms with Crippen LogP contribution in [-0.4, -0.2) is 50.1 Å². The molecular formula is C19H27F3N4. The van der Waals surface area contributed by atoms with Gasteiger partial charge >= 0.3 is 6.18 Å². The maximum Gasteiger partial charge on any atom is 0.393 e. The van der Waals surface area contributed by atoms with Crippen LogP contribution in [0.15, 0.2) is 23.2 Å². The van der Waals surface area contributed by atoms with Crippen molar-refractivity contribution >= 4 is 11.5 Å². The lowest BCUT2D eigenvalue weighted by Gasteiger charge is -2.45. The molecule has 26 heavy (non-hydrogen) atoms. The van der Waals surface area contributed by atoms with E-state index in [1.807, 2.05) is 0 Å². The molecule has 0 radical (unpaired) electrons. The van der Waals surface area contributed by atoms with Crippen molar-refractivity contribution in [3.63, 3.8) is 0 Å². The van der Waals surface area contributed by atoms with Crippen LogP contribution in [0, 0.1) is 5.41 Å². The lowest BCUT2D eigenvalue weighted by atomic mass is 9.71. The van der Waals surface area contributed by atoms with Crippen molar-refractivity contribution in [1.82, 2.24) is 10.2 Å². The van der Waals surface area contributed by atoms with Crippen LogP contribution >= 0.6 is 0 Å². The van der Waals surface area contributed by atoms with E-state index in [0.29, 0.717) is 22.5 Å². The first-order valence-corrected chi connectivity index (χ1v) is 9.20. The number of nitrogen functional groups attached to an aromatic ring is 1. The number of rotatable bonds is 2. The average Bonchev–Trinajstić information content (AvgIpc) is 2.59. The van der Waals surface area contributed by atoms with Crippen molar-refractivity contribution in [3.05, 3.63) is 29.3 Å². The Labute approximate surface area is 152 Å². The van der Waals surface area contributed by atoms with Gasteiger partial charge in [-0.15, -0.1) is 0 Å². The van der Waals surface area contributed by atoms with E-state index >= 15 is 0 Å². The van der Waals surface area contributed by atoms with Gasteiger partial charge in [0.05, 0.1) is 6.42 Å². The van der Waals surface area contributed by atoms with Crippen LogP contribution in [0.3, 0.4) is 0 Å². The molecule has 3 N–H and O–H groups in total. The van der Waals surface area contributed by atoms with Gasteiger partial charge in [0.25, 0.3) is 0 Å².